The van der Waals surface area contributed by atoms with Crippen molar-refractivity contribution in [3.63, 3.8) is 0 Å². The lowest BCUT2D eigenvalue weighted by atomic mass is 10.1. The number of hydrogen-bond acceptors (Lipinski definition) is 7. The molecule has 7 nitrogen and oxygen atoms in total. The average Bonchev–Trinajstić information content (AvgIpc) is 3.37. The first-order chi connectivity index (χ1) is 13.7. The Morgan fingerprint density at radius 1 is 1.14 bits per heavy atom. The van der Waals surface area contributed by atoms with Crippen molar-refractivity contribution in [1.29, 1.82) is 0 Å². The summed E-state index contributed by atoms with van der Waals surface area (Å²) in [6.45, 7) is 4.43. The highest BCUT2D eigenvalue weighted by Gasteiger charge is 2.20. The van der Waals surface area contributed by atoms with Gasteiger partial charge in [-0.15, -0.1) is 0 Å². The van der Waals surface area contributed by atoms with Crippen molar-refractivity contribution in [2.24, 2.45) is 0 Å². The molecule has 1 aromatic carbocycles. The fourth-order valence-corrected chi connectivity index (χ4v) is 2.86. The predicted molar refractivity (Wildman–Crippen MR) is 105 cm³/mol. The van der Waals surface area contributed by atoms with E-state index in [1.807, 2.05) is 50.2 Å². The van der Waals surface area contributed by atoms with Crippen molar-refractivity contribution >= 4 is 5.95 Å². The van der Waals surface area contributed by atoms with Crippen LogP contribution in [0.5, 0.6) is 5.75 Å². The molecular weight excluding hydrogens is 356 g/mol. The van der Waals surface area contributed by atoms with Crippen molar-refractivity contribution in [3.8, 4) is 28.5 Å². The predicted octanol–water partition coefficient (Wildman–Crippen LogP) is 4.63. The van der Waals surface area contributed by atoms with Gasteiger partial charge in [0, 0.05) is 18.3 Å². The zero-order chi connectivity index (χ0) is 19.5. The van der Waals surface area contributed by atoms with Crippen molar-refractivity contribution in [3.05, 3.63) is 65.7 Å². The topological polar surface area (TPSA) is 86.2 Å². The molecule has 0 unspecified atom stereocenters. The monoisotopic (exact) mass is 376 g/mol. The van der Waals surface area contributed by atoms with E-state index in [-0.39, 0.29) is 0 Å². The quantitative estimate of drug-likeness (QED) is 0.525. The van der Waals surface area contributed by atoms with Crippen LogP contribution in [-0.2, 0) is 6.54 Å². The molecule has 0 aliphatic rings. The molecule has 4 rings (SSSR count). The van der Waals surface area contributed by atoms with Crippen LogP contribution in [0.25, 0.3) is 22.8 Å². The third-order valence-corrected chi connectivity index (χ3v) is 4.53. The number of nitrogens with one attached hydrogen (secondary N) is 1. The summed E-state index contributed by atoms with van der Waals surface area (Å²) in [4.78, 5) is 9.12. The summed E-state index contributed by atoms with van der Waals surface area (Å²) in [5, 5.41) is 7.29. The lowest BCUT2D eigenvalue weighted by Gasteiger charge is -2.10. The van der Waals surface area contributed by atoms with Crippen LogP contribution in [-0.4, -0.2) is 22.2 Å². The van der Waals surface area contributed by atoms with Crippen LogP contribution in [0.3, 0.4) is 0 Å². The summed E-state index contributed by atoms with van der Waals surface area (Å²) in [7, 11) is 1.65. The smallest absolute Gasteiger partial charge is 0.223 e. The lowest BCUT2D eigenvalue weighted by molar-refractivity contribution is 0.414. The average molecular weight is 376 g/mol. The highest BCUT2D eigenvalue weighted by Crippen LogP contribution is 2.33. The number of rotatable bonds is 6. The fourth-order valence-electron chi connectivity index (χ4n) is 2.86. The minimum atomic E-state index is 0.492. The van der Waals surface area contributed by atoms with Crippen molar-refractivity contribution in [2.45, 2.75) is 20.4 Å². The number of hydrogen-bond donors (Lipinski definition) is 1. The molecule has 0 bridgehead atoms. The number of nitrogens with zero attached hydrogens (tertiary/aromatic N) is 3. The molecule has 0 saturated heterocycles. The molecule has 1 N–H and O–H groups in total. The molecule has 142 valence electrons. The first kappa shape index (κ1) is 17.8. The standard InChI is InChI=1S/C21H20N4O3/c1-13-14(2)25-28-20(13)17-12-23-21(24-19(17)18-8-5-9-27-18)22-11-15-6-4-7-16(10-15)26-3/h4-10,12H,11H2,1-3H3,(H,22,23,24). The van der Waals surface area contributed by atoms with E-state index in [4.69, 9.17) is 13.7 Å². The van der Waals surface area contributed by atoms with Crippen molar-refractivity contribution < 1.29 is 13.7 Å². The maximum absolute atomic E-state index is 5.58. The molecule has 0 saturated carbocycles. The van der Waals surface area contributed by atoms with Gasteiger partial charge in [-0.3, -0.25) is 0 Å². The molecule has 0 aliphatic carbocycles. The SMILES string of the molecule is COc1cccc(CNc2ncc(-c3onc(C)c3C)c(-c3ccco3)n2)c1. The zero-order valence-corrected chi connectivity index (χ0v) is 15.9. The van der Waals surface area contributed by atoms with Crippen LogP contribution < -0.4 is 10.1 Å². The van der Waals surface area contributed by atoms with Gasteiger partial charge >= 0.3 is 0 Å². The zero-order valence-electron chi connectivity index (χ0n) is 15.9. The Bertz CT molecular complexity index is 1090. The van der Waals surface area contributed by atoms with Crippen LogP contribution in [0.15, 0.2) is 57.8 Å². The first-order valence-corrected chi connectivity index (χ1v) is 8.86. The van der Waals surface area contributed by atoms with Gasteiger partial charge in [0.25, 0.3) is 0 Å². The number of aromatic nitrogens is 3. The number of methoxy groups -OCH3 is 1. The molecule has 0 radical (unpaired) electrons. The van der Waals surface area contributed by atoms with E-state index in [0.29, 0.717) is 29.7 Å². The highest BCUT2D eigenvalue weighted by atomic mass is 16.5. The molecule has 4 aromatic rings. The minimum absolute atomic E-state index is 0.492. The summed E-state index contributed by atoms with van der Waals surface area (Å²) in [6.07, 6.45) is 3.34. The summed E-state index contributed by atoms with van der Waals surface area (Å²) >= 11 is 0. The van der Waals surface area contributed by atoms with Gasteiger partial charge in [-0.05, 0) is 43.7 Å². The molecule has 7 heteroatoms. The van der Waals surface area contributed by atoms with Gasteiger partial charge in [-0.2, -0.15) is 0 Å². The molecule has 0 fully saturated rings. The lowest BCUT2D eigenvalue weighted by Crippen LogP contribution is -2.05. The van der Waals surface area contributed by atoms with Gasteiger partial charge in [-0.1, -0.05) is 17.3 Å². The van der Waals surface area contributed by atoms with Gasteiger partial charge in [0.1, 0.15) is 11.4 Å². The largest absolute Gasteiger partial charge is 0.497 e. The molecule has 3 heterocycles. The number of anilines is 1. The van der Waals surface area contributed by atoms with Crippen LogP contribution in [0, 0.1) is 13.8 Å². The Kier molecular flexibility index (Phi) is 4.80. The Morgan fingerprint density at radius 2 is 2.04 bits per heavy atom. The third kappa shape index (κ3) is 3.46. The molecule has 0 spiro atoms. The van der Waals surface area contributed by atoms with Gasteiger partial charge in [0.15, 0.2) is 11.5 Å². The van der Waals surface area contributed by atoms with E-state index in [9.17, 15) is 0 Å². The van der Waals surface area contributed by atoms with Crippen molar-refractivity contribution in [1.82, 2.24) is 15.1 Å². The third-order valence-electron chi connectivity index (χ3n) is 4.53. The minimum Gasteiger partial charge on any atom is -0.497 e. The second kappa shape index (κ2) is 7.56. The van der Waals surface area contributed by atoms with Crippen LogP contribution in [0.2, 0.25) is 0 Å². The normalized spacial score (nSPS) is 10.8. The molecular formula is C21H20N4O3. The van der Waals surface area contributed by atoms with Gasteiger partial charge in [0.2, 0.25) is 5.95 Å². The number of benzene rings is 1. The van der Waals surface area contributed by atoms with E-state index in [0.717, 1.165) is 28.1 Å². The Morgan fingerprint density at radius 3 is 2.75 bits per heavy atom. The van der Waals surface area contributed by atoms with Gasteiger partial charge in [0.05, 0.1) is 24.6 Å². The molecule has 0 amide bonds. The fraction of sp³-hybridized carbons (Fsp3) is 0.190. The summed E-state index contributed by atoms with van der Waals surface area (Å²) in [6, 6.07) is 11.5. The molecule has 28 heavy (non-hydrogen) atoms. The maximum Gasteiger partial charge on any atom is 0.223 e. The second-order valence-electron chi connectivity index (χ2n) is 6.36. The number of aryl methyl sites for hydroxylation is 1. The van der Waals surface area contributed by atoms with E-state index in [1.54, 1.807) is 19.6 Å². The summed E-state index contributed by atoms with van der Waals surface area (Å²) in [5.74, 6) is 2.58. The van der Waals surface area contributed by atoms with E-state index < -0.39 is 0 Å². The van der Waals surface area contributed by atoms with Crippen LogP contribution in [0.4, 0.5) is 5.95 Å². The molecule has 0 atom stereocenters. The van der Waals surface area contributed by atoms with E-state index in [1.165, 1.54) is 0 Å². The number of furan rings is 1. The summed E-state index contributed by atoms with van der Waals surface area (Å²) in [5.41, 5.74) is 4.23. The highest BCUT2D eigenvalue weighted by molar-refractivity contribution is 5.77. The molecule has 0 aliphatic heterocycles. The Labute approximate surface area is 162 Å². The van der Waals surface area contributed by atoms with E-state index >= 15 is 0 Å². The Hall–Kier alpha value is -3.61. The van der Waals surface area contributed by atoms with Crippen LogP contribution >= 0.6 is 0 Å². The van der Waals surface area contributed by atoms with E-state index in [2.05, 4.69) is 20.4 Å². The van der Waals surface area contributed by atoms with Crippen molar-refractivity contribution in [2.75, 3.05) is 12.4 Å². The first-order valence-electron chi connectivity index (χ1n) is 8.86. The van der Waals surface area contributed by atoms with Gasteiger partial charge in [-0.25, -0.2) is 9.97 Å². The van der Waals surface area contributed by atoms with Gasteiger partial charge < -0.3 is 19.0 Å². The molecule has 3 aromatic heterocycles. The second-order valence-corrected chi connectivity index (χ2v) is 6.36. The maximum atomic E-state index is 5.58. The Balaban J connectivity index is 1.66. The number of ether oxygens (including phenoxy) is 1. The summed E-state index contributed by atoms with van der Waals surface area (Å²) < 4.78 is 16.4. The van der Waals surface area contributed by atoms with Crippen LogP contribution in [0.1, 0.15) is 16.8 Å².